The summed E-state index contributed by atoms with van der Waals surface area (Å²) in [4.78, 5) is 22.9. The van der Waals surface area contributed by atoms with Crippen molar-refractivity contribution in [3.63, 3.8) is 0 Å². The summed E-state index contributed by atoms with van der Waals surface area (Å²) in [7, 11) is 3.99. The monoisotopic (exact) mass is 395 g/mol. The maximum atomic E-state index is 11.9. The first-order valence-corrected chi connectivity index (χ1v) is 9.77. The quantitative estimate of drug-likeness (QED) is 0.696. The van der Waals surface area contributed by atoms with E-state index in [1.54, 1.807) is 12.5 Å². The number of hydrogen-bond acceptors (Lipinski definition) is 5. The average molecular weight is 396 g/mol. The Labute approximate surface area is 171 Å². The van der Waals surface area contributed by atoms with E-state index in [0.29, 0.717) is 6.54 Å². The van der Waals surface area contributed by atoms with Crippen LogP contribution in [0.5, 0.6) is 0 Å². The Morgan fingerprint density at radius 3 is 2.69 bits per heavy atom. The van der Waals surface area contributed by atoms with E-state index in [0.717, 1.165) is 34.5 Å². The van der Waals surface area contributed by atoms with Crippen LogP contribution in [0.15, 0.2) is 36.8 Å². The van der Waals surface area contributed by atoms with Crippen molar-refractivity contribution >= 4 is 28.6 Å². The molecule has 0 atom stereocenters. The summed E-state index contributed by atoms with van der Waals surface area (Å²) >= 11 is 0. The molecule has 0 aliphatic carbocycles. The van der Waals surface area contributed by atoms with Gasteiger partial charge in [0.2, 0.25) is 0 Å². The number of hydrogen-bond donors (Lipinski definition) is 1. The fraction of sp³-hybridized carbons (Fsp3) is 0.409. The Kier molecular flexibility index (Phi) is 5.77. The Bertz CT molecular complexity index is 1020. The van der Waals surface area contributed by atoms with Gasteiger partial charge in [-0.15, -0.1) is 0 Å². The van der Waals surface area contributed by atoms with E-state index >= 15 is 0 Å². The molecule has 1 N–H and O–H groups in total. The molecule has 0 bridgehead atoms. The number of nitrogens with one attached hydrogen (secondary N) is 1. The number of carbonyl (C=O) groups excluding carboxylic acids is 1. The highest BCUT2D eigenvalue weighted by Crippen LogP contribution is 2.28. The lowest BCUT2D eigenvalue weighted by Gasteiger charge is -2.22. The summed E-state index contributed by atoms with van der Waals surface area (Å²) in [5.74, 6) is 0.857. The molecular weight excluding hydrogens is 366 g/mol. The third kappa shape index (κ3) is 4.85. The van der Waals surface area contributed by atoms with Crippen molar-refractivity contribution in [3.8, 4) is 0 Å². The molecule has 0 aliphatic rings. The number of benzene rings is 1. The number of aromatic nitrogens is 3. The summed E-state index contributed by atoms with van der Waals surface area (Å²) in [6.45, 7) is 8.09. The standard InChI is InChI=1S/C22H29N5O2/c1-7-16-10-15(12-24-21(28)29-22(2,3)4)8-9-18(16)27(6)20-11-19-17(13-23-20)25-14-26(19)5/h8-11,13-14H,7,12H2,1-6H3,(H,24,28). The second kappa shape index (κ2) is 8.11. The van der Waals surface area contributed by atoms with Gasteiger partial charge in [-0.3, -0.25) is 0 Å². The maximum Gasteiger partial charge on any atom is 0.407 e. The molecule has 2 aromatic heterocycles. The highest BCUT2D eigenvalue weighted by molar-refractivity contribution is 5.79. The van der Waals surface area contributed by atoms with Gasteiger partial charge < -0.3 is 19.5 Å². The number of imidazole rings is 1. The number of pyridine rings is 1. The zero-order valence-corrected chi connectivity index (χ0v) is 18.0. The molecule has 0 saturated carbocycles. The normalized spacial score (nSPS) is 11.5. The Morgan fingerprint density at radius 1 is 1.24 bits per heavy atom. The number of amides is 1. The molecule has 0 radical (unpaired) electrons. The van der Waals surface area contributed by atoms with Crippen LogP contribution in [-0.2, 0) is 24.8 Å². The zero-order valence-electron chi connectivity index (χ0n) is 18.0. The van der Waals surface area contributed by atoms with Crippen LogP contribution >= 0.6 is 0 Å². The molecule has 3 rings (SSSR count). The highest BCUT2D eigenvalue weighted by Gasteiger charge is 2.16. The first-order valence-electron chi connectivity index (χ1n) is 9.77. The van der Waals surface area contributed by atoms with Crippen molar-refractivity contribution in [1.29, 1.82) is 0 Å². The van der Waals surface area contributed by atoms with E-state index in [1.165, 1.54) is 5.56 Å². The van der Waals surface area contributed by atoms with Crippen LogP contribution < -0.4 is 10.2 Å². The van der Waals surface area contributed by atoms with Crippen molar-refractivity contribution in [2.24, 2.45) is 7.05 Å². The van der Waals surface area contributed by atoms with Crippen molar-refractivity contribution in [2.75, 3.05) is 11.9 Å². The smallest absolute Gasteiger partial charge is 0.407 e. The van der Waals surface area contributed by atoms with Gasteiger partial charge in [-0.2, -0.15) is 0 Å². The topological polar surface area (TPSA) is 72.3 Å². The van der Waals surface area contributed by atoms with E-state index in [-0.39, 0.29) is 0 Å². The van der Waals surface area contributed by atoms with Gasteiger partial charge in [0, 0.05) is 32.4 Å². The minimum Gasteiger partial charge on any atom is -0.444 e. The summed E-state index contributed by atoms with van der Waals surface area (Å²) in [6, 6.07) is 8.25. The van der Waals surface area contributed by atoms with Crippen LogP contribution in [0.3, 0.4) is 0 Å². The van der Waals surface area contributed by atoms with Gasteiger partial charge in [0.15, 0.2) is 0 Å². The van der Waals surface area contributed by atoms with E-state index in [4.69, 9.17) is 4.74 Å². The molecule has 0 aliphatic heterocycles. The third-order valence-corrected chi connectivity index (χ3v) is 4.66. The molecule has 7 heteroatoms. The van der Waals surface area contributed by atoms with E-state index in [2.05, 4.69) is 39.2 Å². The molecule has 154 valence electrons. The molecule has 29 heavy (non-hydrogen) atoms. The van der Waals surface area contributed by atoms with Gasteiger partial charge in [0.1, 0.15) is 16.9 Å². The van der Waals surface area contributed by atoms with Gasteiger partial charge >= 0.3 is 6.09 Å². The number of alkyl carbamates (subject to hydrolysis) is 1. The van der Waals surface area contributed by atoms with E-state index in [1.807, 2.05) is 51.6 Å². The van der Waals surface area contributed by atoms with Gasteiger partial charge in [-0.25, -0.2) is 14.8 Å². The van der Waals surface area contributed by atoms with Crippen LogP contribution in [0.1, 0.15) is 38.8 Å². The van der Waals surface area contributed by atoms with Crippen molar-refractivity contribution in [3.05, 3.63) is 47.9 Å². The molecule has 0 fully saturated rings. The summed E-state index contributed by atoms with van der Waals surface area (Å²) in [5.41, 5.74) is 4.71. The van der Waals surface area contributed by atoms with Crippen LogP contribution in [0, 0.1) is 0 Å². The molecule has 0 saturated heterocycles. The first-order chi connectivity index (χ1) is 13.7. The molecule has 1 amide bonds. The van der Waals surface area contributed by atoms with Gasteiger partial charge in [0.05, 0.1) is 18.0 Å². The number of nitrogens with zero attached hydrogens (tertiary/aromatic N) is 4. The van der Waals surface area contributed by atoms with Crippen LogP contribution in [0.2, 0.25) is 0 Å². The van der Waals surface area contributed by atoms with Crippen LogP contribution in [0.4, 0.5) is 16.3 Å². The molecule has 1 aromatic carbocycles. The molecule has 0 spiro atoms. The highest BCUT2D eigenvalue weighted by atomic mass is 16.6. The Morgan fingerprint density at radius 2 is 2.00 bits per heavy atom. The Hall–Kier alpha value is -3.09. The number of carbonyl (C=O) groups is 1. The van der Waals surface area contributed by atoms with Gasteiger partial charge in [-0.05, 0) is 44.4 Å². The van der Waals surface area contributed by atoms with E-state index < -0.39 is 11.7 Å². The minimum atomic E-state index is -0.507. The molecule has 0 unspecified atom stereocenters. The second-order valence-corrected chi connectivity index (χ2v) is 8.12. The lowest BCUT2D eigenvalue weighted by Crippen LogP contribution is -2.32. The average Bonchev–Trinajstić information content (AvgIpc) is 3.04. The predicted octanol–water partition coefficient (Wildman–Crippen LogP) is 4.32. The molecule has 2 heterocycles. The fourth-order valence-electron chi connectivity index (χ4n) is 3.17. The predicted molar refractivity (Wildman–Crippen MR) is 115 cm³/mol. The fourth-order valence-corrected chi connectivity index (χ4v) is 3.17. The summed E-state index contributed by atoms with van der Waals surface area (Å²) in [6.07, 6.45) is 4.05. The SMILES string of the molecule is CCc1cc(CNC(=O)OC(C)(C)C)ccc1N(C)c1cc2c(cn1)ncn2C. The largest absolute Gasteiger partial charge is 0.444 e. The number of ether oxygens (including phenoxy) is 1. The van der Waals surface area contributed by atoms with Gasteiger partial charge in [-0.1, -0.05) is 19.1 Å². The number of anilines is 2. The van der Waals surface area contributed by atoms with E-state index in [9.17, 15) is 4.79 Å². The maximum absolute atomic E-state index is 11.9. The Balaban J connectivity index is 1.78. The zero-order chi connectivity index (χ0) is 21.2. The van der Waals surface area contributed by atoms with Gasteiger partial charge in [0.25, 0.3) is 0 Å². The first kappa shape index (κ1) is 20.6. The van der Waals surface area contributed by atoms with Crippen LogP contribution in [0.25, 0.3) is 11.0 Å². The van der Waals surface area contributed by atoms with Crippen molar-refractivity contribution in [2.45, 2.75) is 46.3 Å². The van der Waals surface area contributed by atoms with Crippen molar-refractivity contribution in [1.82, 2.24) is 19.9 Å². The molecule has 3 aromatic rings. The molecular formula is C22H29N5O2. The minimum absolute atomic E-state index is 0.412. The lowest BCUT2D eigenvalue weighted by atomic mass is 10.1. The summed E-state index contributed by atoms with van der Waals surface area (Å²) in [5, 5.41) is 2.81. The second-order valence-electron chi connectivity index (χ2n) is 8.12. The number of fused-ring (bicyclic) bond motifs is 1. The molecule has 7 nitrogen and oxygen atoms in total. The van der Waals surface area contributed by atoms with Crippen LogP contribution in [-0.4, -0.2) is 33.3 Å². The lowest BCUT2D eigenvalue weighted by molar-refractivity contribution is 0.0523. The number of rotatable bonds is 5. The third-order valence-electron chi connectivity index (χ3n) is 4.66. The summed E-state index contributed by atoms with van der Waals surface area (Å²) < 4.78 is 7.29. The van der Waals surface area contributed by atoms with Crippen molar-refractivity contribution < 1.29 is 9.53 Å². The number of aryl methyl sites for hydroxylation is 2.